The van der Waals surface area contributed by atoms with Crippen molar-refractivity contribution in [1.82, 2.24) is 0 Å². The van der Waals surface area contributed by atoms with Gasteiger partial charge in [0.15, 0.2) is 0 Å². The SMILES string of the molecule is O=C1CCCC(=O)N1c1ccc(F)cc1I. The van der Waals surface area contributed by atoms with E-state index in [2.05, 4.69) is 0 Å². The van der Waals surface area contributed by atoms with Crippen molar-refractivity contribution >= 4 is 40.1 Å². The number of carbonyl (C=O) groups is 2. The number of anilines is 1. The van der Waals surface area contributed by atoms with Crippen molar-refractivity contribution in [3.05, 3.63) is 27.6 Å². The van der Waals surface area contributed by atoms with Gasteiger partial charge in [0.25, 0.3) is 0 Å². The van der Waals surface area contributed by atoms with Gasteiger partial charge in [-0.1, -0.05) is 0 Å². The normalized spacial score (nSPS) is 16.8. The van der Waals surface area contributed by atoms with Crippen molar-refractivity contribution < 1.29 is 14.0 Å². The van der Waals surface area contributed by atoms with E-state index in [9.17, 15) is 14.0 Å². The van der Waals surface area contributed by atoms with Crippen molar-refractivity contribution in [2.24, 2.45) is 0 Å². The summed E-state index contributed by atoms with van der Waals surface area (Å²) in [5.74, 6) is -0.786. The van der Waals surface area contributed by atoms with E-state index in [1.807, 2.05) is 22.6 Å². The van der Waals surface area contributed by atoms with E-state index in [0.717, 1.165) is 4.90 Å². The van der Waals surface area contributed by atoms with Crippen LogP contribution < -0.4 is 4.90 Å². The van der Waals surface area contributed by atoms with Crippen LogP contribution in [-0.4, -0.2) is 11.8 Å². The molecule has 5 heteroatoms. The zero-order valence-electron chi connectivity index (χ0n) is 8.37. The number of amides is 2. The Bertz CT molecular complexity index is 445. The number of imide groups is 1. The van der Waals surface area contributed by atoms with Gasteiger partial charge in [0.1, 0.15) is 5.82 Å². The summed E-state index contributed by atoms with van der Waals surface area (Å²) in [6.07, 6.45) is 1.35. The summed E-state index contributed by atoms with van der Waals surface area (Å²) < 4.78 is 13.5. The molecule has 0 spiro atoms. The van der Waals surface area contributed by atoms with Crippen molar-refractivity contribution in [1.29, 1.82) is 0 Å². The number of carbonyl (C=O) groups excluding carboxylic acids is 2. The topological polar surface area (TPSA) is 37.4 Å². The minimum atomic E-state index is -0.370. The van der Waals surface area contributed by atoms with Gasteiger partial charge in [-0.2, -0.15) is 0 Å². The van der Waals surface area contributed by atoms with E-state index < -0.39 is 0 Å². The molecule has 84 valence electrons. The lowest BCUT2D eigenvalue weighted by atomic mass is 10.1. The Balaban J connectivity index is 2.42. The molecule has 0 radical (unpaired) electrons. The van der Waals surface area contributed by atoms with Gasteiger partial charge in [0, 0.05) is 16.4 Å². The molecule has 1 aromatic rings. The molecule has 0 atom stereocenters. The van der Waals surface area contributed by atoms with Crippen LogP contribution in [0.1, 0.15) is 19.3 Å². The Morgan fingerprint density at radius 1 is 1.19 bits per heavy atom. The Kier molecular flexibility index (Phi) is 3.22. The fourth-order valence-electron chi connectivity index (χ4n) is 1.68. The number of hydrogen-bond donors (Lipinski definition) is 0. The maximum Gasteiger partial charge on any atom is 0.233 e. The maximum atomic E-state index is 12.9. The number of benzene rings is 1. The Morgan fingerprint density at radius 2 is 1.81 bits per heavy atom. The van der Waals surface area contributed by atoms with Crippen LogP contribution >= 0.6 is 22.6 Å². The zero-order valence-corrected chi connectivity index (χ0v) is 10.5. The predicted molar refractivity (Wildman–Crippen MR) is 65.5 cm³/mol. The van der Waals surface area contributed by atoms with Gasteiger partial charge in [-0.3, -0.25) is 9.59 Å². The van der Waals surface area contributed by atoms with Crippen LogP contribution in [0.15, 0.2) is 18.2 Å². The van der Waals surface area contributed by atoms with Crippen LogP contribution in [0.25, 0.3) is 0 Å². The molecule has 0 aromatic heterocycles. The molecule has 1 aliphatic rings. The first-order valence-corrected chi connectivity index (χ1v) is 5.98. The van der Waals surface area contributed by atoms with Crippen LogP contribution in [0.3, 0.4) is 0 Å². The standard InChI is InChI=1S/C11H9FINO2/c12-7-4-5-9(8(13)6-7)14-10(15)2-1-3-11(14)16/h4-6H,1-3H2. The summed E-state index contributed by atoms with van der Waals surface area (Å²) in [5.41, 5.74) is 0.483. The third-order valence-corrected chi connectivity index (χ3v) is 3.29. The monoisotopic (exact) mass is 333 g/mol. The summed E-state index contributed by atoms with van der Waals surface area (Å²) in [4.78, 5) is 24.5. The van der Waals surface area contributed by atoms with E-state index in [-0.39, 0.29) is 17.6 Å². The van der Waals surface area contributed by atoms with E-state index >= 15 is 0 Å². The van der Waals surface area contributed by atoms with Gasteiger partial charge in [0.2, 0.25) is 11.8 Å². The van der Waals surface area contributed by atoms with E-state index in [1.165, 1.54) is 18.2 Å². The van der Waals surface area contributed by atoms with Crippen LogP contribution in [0.4, 0.5) is 10.1 Å². The van der Waals surface area contributed by atoms with Crippen molar-refractivity contribution in [2.75, 3.05) is 4.90 Å². The van der Waals surface area contributed by atoms with Crippen molar-refractivity contribution in [2.45, 2.75) is 19.3 Å². The van der Waals surface area contributed by atoms with E-state index in [1.54, 1.807) is 0 Å². The van der Waals surface area contributed by atoms with Crippen molar-refractivity contribution in [3.63, 3.8) is 0 Å². The fourth-order valence-corrected chi connectivity index (χ4v) is 2.40. The average Bonchev–Trinajstić information content (AvgIpc) is 2.20. The second-order valence-corrected chi connectivity index (χ2v) is 4.73. The molecule has 1 aromatic carbocycles. The molecule has 0 aliphatic carbocycles. The van der Waals surface area contributed by atoms with Gasteiger partial charge in [0.05, 0.1) is 5.69 Å². The summed E-state index contributed by atoms with van der Waals surface area (Å²) in [5, 5.41) is 0. The van der Waals surface area contributed by atoms with Gasteiger partial charge < -0.3 is 0 Å². The van der Waals surface area contributed by atoms with Gasteiger partial charge in [-0.25, -0.2) is 9.29 Å². The smallest absolute Gasteiger partial charge is 0.233 e. The summed E-state index contributed by atoms with van der Waals surface area (Å²) in [6, 6.07) is 4.04. The zero-order chi connectivity index (χ0) is 11.7. The number of rotatable bonds is 1. The molecule has 0 N–H and O–H groups in total. The van der Waals surface area contributed by atoms with Crippen molar-refractivity contribution in [3.8, 4) is 0 Å². The molecule has 1 saturated heterocycles. The molecule has 2 amide bonds. The highest BCUT2D eigenvalue weighted by Crippen LogP contribution is 2.27. The molecular formula is C11H9FINO2. The second kappa shape index (κ2) is 4.48. The third-order valence-electron chi connectivity index (χ3n) is 2.43. The number of hydrogen-bond acceptors (Lipinski definition) is 2. The molecule has 3 nitrogen and oxygen atoms in total. The molecular weight excluding hydrogens is 324 g/mol. The van der Waals surface area contributed by atoms with Gasteiger partial charge in [-0.05, 0) is 47.2 Å². The summed E-state index contributed by atoms with van der Waals surface area (Å²) in [6.45, 7) is 0. The summed E-state index contributed by atoms with van der Waals surface area (Å²) >= 11 is 1.92. The first-order valence-electron chi connectivity index (χ1n) is 4.90. The minimum Gasteiger partial charge on any atom is -0.274 e. The number of nitrogens with zero attached hydrogens (tertiary/aromatic N) is 1. The first-order chi connectivity index (χ1) is 7.59. The average molecular weight is 333 g/mol. The van der Waals surface area contributed by atoms with Gasteiger partial charge >= 0.3 is 0 Å². The van der Waals surface area contributed by atoms with Crippen LogP contribution in [0.5, 0.6) is 0 Å². The van der Waals surface area contributed by atoms with Gasteiger partial charge in [-0.15, -0.1) is 0 Å². The maximum absolute atomic E-state index is 12.9. The minimum absolute atomic E-state index is 0.208. The molecule has 0 saturated carbocycles. The second-order valence-electron chi connectivity index (χ2n) is 3.57. The highest BCUT2D eigenvalue weighted by molar-refractivity contribution is 14.1. The quantitative estimate of drug-likeness (QED) is 0.585. The van der Waals surface area contributed by atoms with Crippen LogP contribution in [-0.2, 0) is 9.59 Å². The highest BCUT2D eigenvalue weighted by atomic mass is 127. The summed E-state index contributed by atoms with van der Waals surface area (Å²) in [7, 11) is 0. The lowest BCUT2D eigenvalue weighted by Crippen LogP contribution is -2.40. The fraction of sp³-hybridized carbons (Fsp3) is 0.273. The molecule has 1 fully saturated rings. The number of halogens is 2. The van der Waals surface area contributed by atoms with E-state index in [0.29, 0.717) is 28.5 Å². The van der Waals surface area contributed by atoms with Crippen LogP contribution in [0.2, 0.25) is 0 Å². The number of piperidine rings is 1. The lowest BCUT2D eigenvalue weighted by molar-refractivity contribution is -0.129. The molecule has 2 rings (SSSR count). The predicted octanol–water partition coefficient (Wildman–Crippen LogP) is 2.47. The largest absolute Gasteiger partial charge is 0.274 e. The van der Waals surface area contributed by atoms with E-state index in [4.69, 9.17) is 0 Å². The highest BCUT2D eigenvalue weighted by Gasteiger charge is 2.28. The Morgan fingerprint density at radius 3 is 2.38 bits per heavy atom. The Labute approximate surface area is 106 Å². The van der Waals surface area contributed by atoms with Crippen LogP contribution in [0, 0.1) is 9.39 Å². The molecule has 1 aliphatic heterocycles. The molecule has 16 heavy (non-hydrogen) atoms. The third kappa shape index (κ3) is 2.09. The first kappa shape index (κ1) is 11.5. The molecule has 1 heterocycles. The molecule has 0 unspecified atom stereocenters. The molecule has 0 bridgehead atoms. The Hall–Kier alpha value is -0.980. The lowest BCUT2D eigenvalue weighted by Gasteiger charge is -2.25.